The Morgan fingerprint density at radius 2 is 2.12 bits per heavy atom. The average Bonchev–Trinajstić information content (AvgIpc) is 2.28. The molecule has 4 nitrogen and oxygen atoms in total. The zero-order chi connectivity index (χ0) is 11.8. The molecule has 0 aromatic heterocycles. The van der Waals surface area contributed by atoms with Crippen LogP contribution in [0.2, 0.25) is 0 Å². The first kappa shape index (κ1) is 12.6. The van der Waals surface area contributed by atoms with E-state index < -0.39 is 5.82 Å². The number of amides is 1. The fourth-order valence-electron chi connectivity index (χ4n) is 1.11. The predicted molar refractivity (Wildman–Crippen MR) is 56.1 cm³/mol. The maximum atomic E-state index is 13.2. The van der Waals surface area contributed by atoms with Gasteiger partial charge in [0.05, 0.1) is 19.6 Å². The van der Waals surface area contributed by atoms with Crippen molar-refractivity contribution in [2.24, 2.45) is 0 Å². The summed E-state index contributed by atoms with van der Waals surface area (Å²) in [6.07, 6.45) is -0.0420. The van der Waals surface area contributed by atoms with E-state index in [1.165, 1.54) is 13.2 Å². The topological polar surface area (TPSA) is 47.6 Å². The normalized spacial score (nSPS) is 10.1. The van der Waals surface area contributed by atoms with Gasteiger partial charge in [-0.25, -0.2) is 9.87 Å². The summed E-state index contributed by atoms with van der Waals surface area (Å²) < 4.78 is 17.9. The summed E-state index contributed by atoms with van der Waals surface area (Å²) in [5.41, 5.74) is 2.55. The van der Waals surface area contributed by atoms with Crippen molar-refractivity contribution >= 4 is 5.91 Å². The predicted octanol–water partition coefficient (Wildman–Crippen LogP) is 1.06. The van der Waals surface area contributed by atoms with E-state index in [2.05, 4.69) is 5.48 Å². The van der Waals surface area contributed by atoms with Crippen molar-refractivity contribution in [1.29, 1.82) is 0 Å². The number of methoxy groups -OCH3 is 1. The Morgan fingerprint density at radius 3 is 2.81 bits per heavy atom. The highest BCUT2D eigenvalue weighted by Crippen LogP contribution is 2.06. The van der Waals surface area contributed by atoms with E-state index in [4.69, 9.17) is 9.57 Å². The second-order valence-corrected chi connectivity index (χ2v) is 3.13. The molecule has 0 unspecified atom stereocenters. The van der Waals surface area contributed by atoms with Crippen LogP contribution in [0.3, 0.4) is 0 Å². The Balaban J connectivity index is 2.32. The van der Waals surface area contributed by atoms with Crippen LogP contribution in [-0.4, -0.2) is 26.2 Å². The van der Waals surface area contributed by atoms with Crippen molar-refractivity contribution < 1.29 is 18.8 Å². The Kier molecular flexibility index (Phi) is 5.45. The molecule has 16 heavy (non-hydrogen) atoms. The molecule has 0 radical (unpaired) electrons. The van der Waals surface area contributed by atoms with Gasteiger partial charge in [0.2, 0.25) is 5.91 Å². The summed E-state index contributed by atoms with van der Waals surface area (Å²) in [7, 11) is 1.53. The number of nitrogens with one attached hydrogen (secondary N) is 1. The Morgan fingerprint density at radius 1 is 1.38 bits per heavy atom. The largest absolute Gasteiger partial charge is 0.382 e. The van der Waals surface area contributed by atoms with Crippen LogP contribution in [0.25, 0.3) is 0 Å². The van der Waals surface area contributed by atoms with Crippen molar-refractivity contribution in [3.8, 4) is 0 Å². The van der Waals surface area contributed by atoms with Crippen molar-refractivity contribution in [3.05, 3.63) is 35.6 Å². The molecule has 0 aliphatic rings. The molecular formula is C11H14FNO3. The quantitative estimate of drug-likeness (QED) is 0.584. The summed E-state index contributed by atoms with van der Waals surface area (Å²) in [4.78, 5) is 16.1. The van der Waals surface area contributed by atoms with Crippen LogP contribution in [0.1, 0.15) is 5.56 Å². The molecule has 0 aliphatic heterocycles. The summed E-state index contributed by atoms with van der Waals surface area (Å²) in [5, 5.41) is 0. The van der Waals surface area contributed by atoms with E-state index in [1.54, 1.807) is 18.2 Å². The zero-order valence-electron chi connectivity index (χ0n) is 9.03. The molecule has 1 amide bonds. The minimum Gasteiger partial charge on any atom is -0.382 e. The van der Waals surface area contributed by atoms with E-state index in [-0.39, 0.29) is 18.9 Å². The molecule has 0 saturated heterocycles. The van der Waals surface area contributed by atoms with Crippen LogP contribution < -0.4 is 5.48 Å². The van der Waals surface area contributed by atoms with Gasteiger partial charge in [-0.05, 0) is 11.6 Å². The molecule has 0 fully saturated rings. The van der Waals surface area contributed by atoms with Gasteiger partial charge in [0, 0.05) is 7.11 Å². The highest BCUT2D eigenvalue weighted by molar-refractivity contribution is 5.77. The minimum atomic E-state index is -0.394. The van der Waals surface area contributed by atoms with Crippen LogP contribution in [0.4, 0.5) is 4.39 Å². The van der Waals surface area contributed by atoms with Gasteiger partial charge in [-0.3, -0.25) is 9.63 Å². The first-order valence-electron chi connectivity index (χ1n) is 4.87. The number of hydroxylamine groups is 1. The maximum Gasteiger partial charge on any atom is 0.248 e. The van der Waals surface area contributed by atoms with Gasteiger partial charge in [0.15, 0.2) is 0 Å². The standard InChI is InChI=1S/C11H14FNO3/c1-15-6-7-16-13-11(14)8-9-4-2-3-5-10(9)12/h2-5H,6-8H2,1H3,(H,13,14). The molecule has 1 aromatic rings. The number of hydrogen-bond acceptors (Lipinski definition) is 3. The van der Waals surface area contributed by atoms with Gasteiger partial charge < -0.3 is 4.74 Å². The summed E-state index contributed by atoms with van der Waals surface area (Å²) >= 11 is 0. The number of carbonyl (C=O) groups excluding carboxylic acids is 1. The fourth-order valence-corrected chi connectivity index (χ4v) is 1.11. The molecule has 0 aliphatic carbocycles. The lowest BCUT2D eigenvalue weighted by Gasteiger charge is -2.05. The van der Waals surface area contributed by atoms with Crippen LogP contribution in [0.15, 0.2) is 24.3 Å². The maximum absolute atomic E-state index is 13.2. The second-order valence-electron chi connectivity index (χ2n) is 3.13. The molecule has 0 saturated carbocycles. The molecule has 5 heteroatoms. The molecule has 1 aromatic carbocycles. The van der Waals surface area contributed by atoms with Gasteiger partial charge in [-0.2, -0.15) is 0 Å². The number of carbonyl (C=O) groups is 1. The third-order valence-electron chi connectivity index (χ3n) is 1.88. The smallest absolute Gasteiger partial charge is 0.248 e. The average molecular weight is 227 g/mol. The number of hydrogen-bond donors (Lipinski definition) is 1. The van der Waals surface area contributed by atoms with Crippen LogP contribution in [-0.2, 0) is 20.8 Å². The summed E-state index contributed by atoms with van der Waals surface area (Å²) in [5.74, 6) is -0.782. The highest BCUT2D eigenvalue weighted by Gasteiger charge is 2.06. The molecule has 1 rings (SSSR count). The number of benzene rings is 1. The van der Waals surface area contributed by atoms with E-state index >= 15 is 0 Å². The van der Waals surface area contributed by atoms with Crippen LogP contribution >= 0.6 is 0 Å². The number of rotatable bonds is 6. The van der Waals surface area contributed by atoms with Crippen LogP contribution in [0.5, 0.6) is 0 Å². The third-order valence-corrected chi connectivity index (χ3v) is 1.88. The van der Waals surface area contributed by atoms with Crippen LogP contribution in [0, 0.1) is 5.82 Å². The number of halogens is 1. The molecule has 88 valence electrons. The zero-order valence-corrected chi connectivity index (χ0v) is 9.03. The lowest BCUT2D eigenvalue weighted by atomic mass is 10.1. The second kappa shape index (κ2) is 6.92. The Labute approximate surface area is 93.3 Å². The summed E-state index contributed by atoms with van der Waals surface area (Å²) in [6.45, 7) is 0.652. The Hall–Kier alpha value is -1.46. The van der Waals surface area contributed by atoms with Gasteiger partial charge >= 0.3 is 0 Å². The van der Waals surface area contributed by atoms with Crippen molar-refractivity contribution in [3.63, 3.8) is 0 Å². The third kappa shape index (κ3) is 4.37. The van der Waals surface area contributed by atoms with Gasteiger partial charge in [-0.1, -0.05) is 18.2 Å². The molecule has 1 N–H and O–H groups in total. The SMILES string of the molecule is COCCONC(=O)Cc1ccccc1F. The van der Waals surface area contributed by atoms with E-state index in [9.17, 15) is 9.18 Å². The lowest BCUT2D eigenvalue weighted by Crippen LogP contribution is -2.27. The van der Waals surface area contributed by atoms with Crippen molar-refractivity contribution in [2.75, 3.05) is 20.3 Å². The molecule has 0 spiro atoms. The van der Waals surface area contributed by atoms with E-state index in [0.29, 0.717) is 12.2 Å². The summed E-state index contributed by atoms with van der Waals surface area (Å²) in [6, 6.07) is 6.13. The fraction of sp³-hybridized carbons (Fsp3) is 0.364. The monoisotopic (exact) mass is 227 g/mol. The van der Waals surface area contributed by atoms with E-state index in [0.717, 1.165) is 0 Å². The molecule has 0 heterocycles. The molecule has 0 atom stereocenters. The minimum absolute atomic E-state index is 0.0420. The van der Waals surface area contributed by atoms with E-state index in [1.807, 2.05) is 0 Å². The number of ether oxygens (including phenoxy) is 1. The van der Waals surface area contributed by atoms with Gasteiger partial charge in [0.25, 0.3) is 0 Å². The lowest BCUT2D eigenvalue weighted by molar-refractivity contribution is -0.133. The van der Waals surface area contributed by atoms with Gasteiger partial charge in [0.1, 0.15) is 5.82 Å². The highest BCUT2D eigenvalue weighted by atomic mass is 19.1. The first-order chi connectivity index (χ1) is 7.74. The van der Waals surface area contributed by atoms with Crippen molar-refractivity contribution in [1.82, 2.24) is 5.48 Å². The first-order valence-corrected chi connectivity index (χ1v) is 4.87. The molecule has 0 bridgehead atoms. The van der Waals surface area contributed by atoms with Gasteiger partial charge in [-0.15, -0.1) is 0 Å². The Bertz CT molecular complexity index is 344. The molecular weight excluding hydrogens is 213 g/mol. The van der Waals surface area contributed by atoms with Crippen molar-refractivity contribution in [2.45, 2.75) is 6.42 Å².